The summed E-state index contributed by atoms with van der Waals surface area (Å²) in [6.07, 6.45) is 3.51. The summed E-state index contributed by atoms with van der Waals surface area (Å²) < 4.78 is 14.1. The van der Waals surface area contributed by atoms with Crippen molar-refractivity contribution in [1.29, 1.82) is 5.26 Å². The fourth-order valence-corrected chi connectivity index (χ4v) is 2.51. The summed E-state index contributed by atoms with van der Waals surface area (Å²) in [6, 6.07) is 5.88. The maximum Gasteiger partial charge on any atom is 0.228 e. The molecule has 0 amide bonds. The van der Waals surface area contributed by atoms with E-state index in [2.05, 4.69) is 31.2 Å². The second-order valence-corrected chi connectivity index (χ2v) is 5.17. The molecule has 0 bridgehead atoms. The molecule has 2 aromatic rings. The zero-order valence-electron chi connectivity index (χ0n) is 9.82. The Balaban J connectivity index is 2.31. The first-order valence-electron chi connectivity index (χ1n) is 5.16. The van der Waals surface area contributed by atoms with Gasteiger partial charge >= 0.3 is 0 Å². The lowest BCUT2D eigenvalue weighted by Gasteiger charge is -2.07. The normalized spacial score (nSPS) is 10.0. The number of thioether (sulfide) groups is 1. The van der Waals surface area contributed by atoms with E-state index in [1.54, 1.807) is 6.20 Å². The molecule has 0 aliphatic heterocycles. The second-order valence-electron chi connectivity index (χ2n) is 3.52. The van der Waals surface area contributed by atoms with Gasteiger partial charge in [0.15, 0.2) is 0 Å². The highest BCUT2D eigenvalue weighted by Crippen LogP contribution is 2.25. The number of benzene rings is 1. The van der Waals surface area contributed by atoms with Gasteiger partial charge in [-0.3, -0.25) is 0 Å². The first-order chi connectivity index (χ1) is 9.12. The minimum atomic E-state index is -0.483. The van der Waals surface area contributed by atoms with Crippen molar-refractivity contribution in [2.24, 2.45) is 0 Å². The summed E-state index contributed by atoms with van der Waals surface area (Å²) in [7, 11) is 0. The highest BCUT2D eigenvalue weighted by Gasteiger charge is 2.06. The van der Waals surface area contributed by atoms with Crippen LogP contribution in [-0.2, 0) is 0 Å². The molecular weight excluding hydrogens is 331 g/mol. The molecule has 1 aromatic heterocycles. The Bertz CT molecular complexity index is 657. The number of anilines is 2. The van der Waals surface area contributed by atoms with Gasteiger partial charge in [-0.1, -0.05) is 0 Å². The fraction of sp³-hybridized carbons (Fsp3) is 0.0833. The summed E-state index contributed by atoms with van der Waals surface area (Å²) in [5.41, 5.74) is 0.677. The van der Waals surface area contributed by atoms with E-state index in [9.17, 15) is 4.39 Å². The van der Waals surface area contributed by atoms with Crippen LogP contribution in [-0.4, -0.2) is 16.2 Å². The molecule has 0 saturated heterocycles. The number of halogens is 2. The molecule has 0 saturated carbocycles. The molecule has 2 rings (SSSR count). The predicted octanol–water partition coefficient (Wildman–Crippen LogP) is 3.72. The molecule has 7 heteroatoms. The van der Waals surface area contributed by atoms with E-state index in [-0.39, 0.29) is 5.56 Å². The zero-order chi connectivity index (χ0) is 13.8. The molecule has 0 aliphatic rings. The van der Waals surface area contributed by atoms with E-state index in [1.807, 2.05) is 12.3 Å². The summed E-state index contributed by atoms with van der Waals surface area (Å²) in [5, 5.41) is 12.4. The number of hydrogen-bond donors (Lipinski definition) is 1. The van der Waals surface area contributed by atoms with Crippen molar-refractivity contribution < 1.29 is 4.39 Å². The van der Waals surface area contributed by atoms with Crippen LogP contribution in [0.3, 0.4) is 0 Å². The van der Waals surface area contributed by atoms with Gasteiger partial charge in [0.05, 0.1) is 16.1 Å². The Labute approximate surface area is 122 Å². The van der Waals surface area contributed by atoms with E-state index in [0.717, 1.165) is 9.50 Å². The van der Waals surface area contributed by atoms with Gasteiger partial charge in [0, 0.05) is 11.9 Å². The van der Waals surface area contributed by atoms with Crippen molar-refractivity contribution in [3.8, 4) is 6.07 Å². The summed E-state index contributed by atoms with van der Waals surface area (Å²) in [6.45, 7) is 0. The second kappa shape index (κ2) is 5.99. The standard InChI is InChI=1S/C12H8BrFN4S/c1-19-11-10(13)6-16-12(18-11)17-9-3-7(5-15)2-8(14)4-9/h2-4,6H,1H3,(H,16,17,18). The molecule has 0 unspecified atom stereocenters. The highest BCUT2D eigenvalue weighted by molar-refractivity contribution is 9.10. The molecule has 4 nitrogen and oxygen atoms in total. The summed E-state index contributed by atoms with van der Waals surface area (Å²) in [5.74, 6) is -0.134. The van der Waals surface area contributed by atoms with Crippen molar-refractivity contribution in [1.82, 2.24) is 9.97 Å². The quantitative estimate of drug-likeness (QED) is 0.682. The topological polar surface area (TPSA) is 61.6 Å². The molecule has 1 aromatic carbocycles. The minimum absolute atomic E-state index is 0.240. The molecule has 0 fully saturated rings. The maximum atomic E-state index is 13.3. The molecule has 1 heterocycles. The van der Waals surface area contributed by atoms with Crippen LogP contribution < -0.4 is 5.32 Å². The number of nitriles is 1. The first kappa shape index (κ1) is 13.8. The smallest absolute Gasteiger partial charge is 0.228 e. The average molecular weight is 339 g/mol. The van der Waals surface area contributed by atoms with Crippen molar-refractivity contribution in [3.05, 3.63) is 40.2 Å². The van der Waals surface area contributed by atoms with E-state index >= 15 is 0 Å². The first-order valence-corrected chi connectivity index (χ1v) is 7.18. The number of nitrogens with one attached hydrogen (secondary N) is 1. The molecule has 0 radical (unpaired) electrons. The lowest BCUT2D eigenvalue weighted by molar-refractivity contribution is 0.628. The number of rotatable bonds is 3. The average Bonchev–Trinajstić information content (AvgIpc) is 2.40. The third-order valence-corrected chi connectivity index (χ3v) is 3.73. The van der Waals surface area contributed by atoms with Crippen LogP contribution in [0.15, 0.2) is 33.9 Å². The summed E-state index contributed by atoms with van der Waals surface area (Å²) in [4.78, 5) is 8.34. The van der Waals surface area contributed by atoms with Crippen molar-refractivity contribution in [2.75, 3.05) is 11.6 Å². The largest absolute Gasteiger partial charge is 0.324 e. The van der Waals surface area contributed by atoms with E-state index in [4.69, 9.17) is 5.26 Å². The van der Waals surface area contributed by atoms with Gasteiger partial charge in [-0.25, -0.2) is 14.4 Å². The molecule has 19 heavy (non-hydrogen) atoms. The van der Waals surface area contributed by atoms with Gasteiger partial charge in [-0.15, -0.1) is 11.8 Å². The highest BCUT2D eigenvalue weighted by atomic mass is 79.9. The van der Waals surface area contributed by atoms with Crippen LogP contribution in [0.4, 0.5) is 16.0 Å². The van der Waals surface area contributed by atoms with Gasteiger partial charge in [-0.05, 0) is 40.4 Å². The molecule has 0 spiro atoms. The van der Waals surface area contributed by atoms with Crippen molar-refractivity contribution >= 4 is 39.3 Å². The van der Waals surface area contributed by atoms with E-state index in [1.165, 1.54) is 30.0 Å². The van der Waals surface area contributed by atoms with Crippen LogP contribution in [0.1, 0.15) is 5.56 Å². The monoisotopic (exact) mass is 338 g/mol. The number of nitrogens with zero attached hydrogens (tertiary/aromatic N) is 3. The van der Waals surface area contributed by atoms with Crippen LogP contribution in [0.2, 0.25) is 0 Å². The summed E-state index contributed by atoms with van der Waals surface area (Å²) >= 11 is 4.80. The Morgan fingerprint density at radius 1 is 1.42 bits per heavy atom. The van der Waals surface area contributed by atoms with Gasteiger partial charge in [0.2, 0.25) is 5.95 Å². The fourth-order valence-electron chi connectivity index (χ4n) is 1.41. The van der Waals surface area contributed by atoms with Gasteiger partial charge in [0.1, 0.15) is 10.8 Å². The van der Waals surface area contributed by atoms with E-state index < -0.39 is 5.82 Å². The van der Waals surface area contributed by atoms with Crippen LogP contribution in [0.25, 0.3) is 0 Å². The lowest BCUT2D eigenvalue weighted by atomic mass is 10.2. The molecule has 1 N–H and O–H groups in total. The zero-order valence-corrected chi connectivity index (χ0v) is 12.2. The molecule has 0 atom stereocenters. The number of aromatic nitrogens is 2. The minimum Gasteiger partial charge on any atom is -0.324 e. The lowest BCUT2D eigenvalue weighted by Crippen LogP contribution is -1.99. The van der Waals surface area contributed by atoms with Crippen LogP contribution in [0, 0.1) is 17.1 Å². The Kier molecular flexibility index (Phi) is 4.35. The molecule has 0 aliphatic carbocycles. The van der Waals surface area contributed by atoms with Gasteiger partial charge in [0.25, 0.3) is 0 Å². The molecule has 96 valence electrons. The van der Waals surface area contributed by atoms with Gasteiger partial charge in [-0.2, -0.15) is 5.26 Å². The van der Waals surface area contributed by atoms with Crippen LogP contribution in [0.5, 0.6) is 0 Å². The van der Waals surface area contributed by atoms with Crippen molar-refractivity contribution in [2.45, 2.75) is 5.03 Å². The Hall–Kier alpha value is -1.65. The Morgan fingerprint density at radius 2 is 2.21 bits per heavy atom. The van der Waals surface area contributed by atoms with Gasteiger partial charge < -0.3 is 5.32 Å². The third-order valence-electron chi connectivity index (χ3n) is 2.19. The van der Waals surface area contributed by atoms with E-state index in [0.29, 0.717) is 11.6 Å². The maximum absolute atomic E-state index is 13.3. The Morgan fingerprint density at radius 3 is 2.89 bits per heavy atom. The number of hydrogen-bond acceptors (Lipinski definition) is 5. The molecular formula is C12H8BrFN4S. The predicted molar refractivity (Wildman–Crippen MR) is 75.9 cm³/mol. The van der Waals surface area contributed by atoms with Crippen LogP contribution >= 0.6 is 27.7 Å². The third kappa shape index (κ3) is 3.43. The van der Waals surface area contributed by atoms with Crippen molar-refractivity contribution in [3.63, 3.8) is 0 Å². The SMILES string of the molecule is CSc1nc(Nc2cc(F)cc(C#N)c2)ncc1Br.